The number of hydrogen-bond acceptors (Lipinski definition) is 2. The Morgan fingerprint density at radius 3 is 2.61 bits per heavy atom. The lowest BCUT2D eigenvalue weighted by atomic mass is 9.92. The molecule has 2 aliphatic rings. The maximum absolute atomic E-state index is 12.2. The van der Waals surface area contributed by atoms with Gasteiger partial charge < -0.3 is 10.6 Å². The summed E-state index contributed by atoms with van der Waals surface area (Å²) >= 11 is 3.39. The predicted octanol–water partition coefficient (Wildman–Crippen LogP) is 2.78. The zero-order valence-electron chi connectivity index (χ0n) is 10.2. The first-order chi connectivity index (χ1) is 8.70. The van der Waals surface area contributed by atoms with Crippen LogP contribution in [0.2, 0.25) is 0 Å². The highest BCUT2D eigenvalue weighted by Gasteiger charge is 2.57. The Bertz CT molecular complexity index is 451. The molecule has 1 amide bonds. The van der Waals surface area contributed by atoms with Crippen LogP contribution in [0, 0.1) is 11.3 Å². The van der Waals surface area contributed by atoms with E-state index in [1.165, 1.54) is 0 Å². The Balaban J connectivity index is 1.61. The smallest absolute Gasteiger partial charge is 0.228 e. The van der Waals surface area contributed by atoms with E-state index in [0.717, 1.165) is 42.5 Å². The van der Waals surface area contributed by atoms with E-state index in [9.17, 15) is 4.79 Å². The first-order valence-corrected chi connectivity index (χ1v) is 7.26. The number of halogens is 1. The van der Waals surface area contributed by atoms with E-state index in [1.807, 2.05) is 24.3 Å². The van der Waals surface area contributed by atoms with Crippen LogP contribution < -0.4 is 10.6 Å². The van der Waals surface area contributed by atoms with Crippen molar-refractivity contribution in [2.24, 2.45) is 11.3 Å². The van der Waals surface area contributed by atoms with E-state index in [0.29, 0.717) is 5.41 Å². The zero-order valence-corrected chi connectivity index (χ0v) is 11.8. The fourth-order valence-corrected chi connectivity index (χ4v) is 3.22. The second kappa shape index (κ2) is 4.67. The third kappa shape index (κ3) is 2.31. The van der Waals surface area contributed by atoms with Gasteiger partial charge in [0.2, 0.25) is 5.91 Å². The van der Waals surface area contributed by atoms with E-state index in [2.05, 4.69) is 26.6 Å². The lowest BCUT2D eigenvalue weighted by Crippen LogP contribution is -2.31. The summed E-state index contributed by atoms with van der Waals surface area (Å²) in [5.74, 6) is 0.419. The molecule has 4 heteroatoms. The van der Waals surface area contributed by atoms with Gasteiger partial charge in [-0.15, -0.1) is 0 Å². The van der Waals surface area contributed by atoms with Crippen molar-refractivity contribution in [3.63, 3.8) is 0 Å². The molecule has 96 valence electrons. The third-order valence-corrected chi connectivity index (χ3v) is 4.75. The molecule has 1 aliphatic carbocycles. The number of carbonyl (C=O) groups is 1. The van der Waals surface area contributed by atoms with Crippen molar-refractivity contribution in [3.05, 3.63) is 28.7 Å². The van der Waals surface area contributed by atoms with Crippen LogP contribution in [-0.4, -0.2) is 19.0 Å². The fourth-order valence-electron chi connectivity index (χ4n) is 2.96. The number of nitrogens with one attached hydrogen (secondary N) is 2. The van der Waals surface area contributed by atoms with Crippen LogP contribution in [0.5, 0.6) is 0 Å². The van der Waals surface area contributed by atoms with Crippen molar-refractivity contribution >= 4 is 27.5 Å². The molecule has 1 aliphatic heterocycles. The highest BCUT2D eigenvalue weighted by atomic mass is 79.9. The molecule has 0 bridgehead atoms. The number of rotatable bonds is 2. The van der Waals surface area contributed by atoms with E-state index in [1.54, 1.807) is 0 Å². The van der Waals surface area contributed by atoms with Crippen LogP contribution in [0.15, 0.2) is 28.7 Å². The van der Waals surface area contributed by atoms with E-state index < -0.39 is 0 Å². The molecule has 3 rings (SSSR count). The number of anilines is 1. The molecule has 0 aromatic heterocycles. The van der Waals surface area contributed by atoms with Gasteiger partial charge in [-0.25, -0.2) is 0 Å². The van der Waals surface area contributed by atoms with Crippen molar-refractivity contribution in [1.29, 1.82) is 0 Å². The number of benzene rings is 1. The van der Waals surface area contributed by atoms with Crippen molar-refractivity contribution in [1.82, 2.24) is 5.32 Å². The van der Waals surface area contributed by atoms with Crippen LogP contribution in [0.25, 0.3) is 0 Å². The minimum atomic E-state index is 0.194. The number of amides is 1. The summed E-state index contributed by atoms with van der Waals surface area (Å²) in [7, 11) is 0. The van der Waals surface area contributed by atoms with E-state index in [-0.39, 0.29) is 11.8 Å². The molecule has 1 heterocycles. The summed E-state index contributed by atoms with van der Waals surface area (Å²) in [5, 5.41) is 6.38. The molecule has 1 aromatic rings. The minimum absolute atomic E-state index is 0.194. The molecule has 0 radical (unpaired) electrons. The number of hydrogen-bond donors (Lipinski definition) is 2. The lowest BCUT2D eigenvalue weighted by molar-refractivity contribution is -0.118. The normalized spacial score (nSPS) is 24.8. The van der Waals surface area contributed by atoms with Crippen molar-refractivity contribution in [3.8, 4) is 0 Å². The van der Waals surface area contributed by atoms with Gasteiger partial charge in [-0.3, -0.25) is 4.79 Å². The van der Waals surface area contributed by atoms with Gasteiger partial charge in [0.15, 0.2) is 0 Å². The molecule has 1 atom stereocenters. The Morgan fingerprint density at radius 2 is 1.94 bits per heavy atom. The topological polar surface area (TPSA) is 41.1 Å². The highest BCUT2D eigenvalue weighted by Crippen LogP contribution is 2.58. The third-order valence-electron chi connectivity index (χ3n) is 4.22. The molecule has 1 spiro atoms. The van der Waals surface area contributed by atoms with Gasteiger partial charge in [0.25, 0.3) is 0 Å². The number of piperidine rings is 1. The molecular formula is C14H17BrN2O. The average molecular weight is 309 g/mol. The fraction of sp³-hybridized carbons (Fsp3) is 0.500. The molecule has 3 nitrogen and oxygen atoms in total. The number of carbonyl (C=O) groups excluding carboxylic acids is 1. The molecule has 2 fully saturated rings. The van der Waals surface area contributed by atoms with Gasteiger partial charge in [0.05, 0.1) is 0 Å². The summed E-state index contributed by atoms with van der Waals surface area (Å²) < 4.78 is 1.03. The van der Waals surface area contributed by atoms with Crippen LogP contribution >= 0.6 is 15.9 Å². The predicted molar refractivity (Wildman–Crippen MR) is 75.4 cm³/mol. The monoisotopic (exact) mass is 308 g/mol. The quantitative estimate of drug-likeness (QED) is 0.882. The highest BCUT2D eigenvalue weighted by molar-refractivity contribution is 9.10. The Kier molecular flexibility index (Phi) is 3.16. The van der Waals surface area contributed by atoms with Gasteiger partial charge in [-0.2, -0.15) is 0 Å². The Hall–Kier alpha value is -0.870. The van der Waals surface area contributed by atoms with Crippen LogP contribution in [0.3, 0.4) is 0 Å². The minimum Gasteiger partial charge on any atom is -0.326 e. The summed E-state index contributed by atoms with van der Waals surface area (Å²) in [6.45, 7) is 2.12. The summed E-state index contributed by atoms with van der Waals surface area (Å²) in [6, 6.07) is 7.75. The molecule has 1 unspecified atom stereocenters. The van der Waals surface area contributed by atoms with Gasteiger partial charge in [-0.1, -0.05) is 15.9 Å². The summed E-state index contributed by atoms with van der Waals surface area (Å²) in [5.41, 5.74) is 1.20. The van der Waals surface area contributed by atoms with Gasteiger partial charge in [0, 0.05) is 16.1 Å². The molecule has 1 saturated heterocycles. The van der Waals surface area contributed by atoms with Crippen molar-refractivity contribution < 1.29 is 4.79 Å². The van der Waals surface area contributed by atoms with Crippen LogP contribution in [-0.2, 0) is 4.79 Å². The average Bonchev–Trinajstić information content (AvgIpc) is 3.07. The zero-order chi connectivity index (χ0) is 12.6. The van der Waals surface area contributed by atoms with E-state index >= 15 is 0 Å². The molecule has 1 aromatic carbocycles. The van der Waals surface area contributed by atoms with Gasteiger partial charge in [-0.05, 0) is 62.0 Å². The van der Waals surface area contributed by atoms with E-state index in [4.69, 9.17) is 0 Å². The van der Waals surface area contributed by atoms with Crippen LogP contribution in [0.1, 0.15) is 19.3 Å². The standard InChI is InChI=1S/C14H17BrN2O/c15-10-1-3-11(4-2-10)17-13(18)12-9-14(12)5-7-16-8-6-14/h1-4,12,16H,5-9H2,(H,17,18). The largest absolute Gasteiger partial charge is 0.326 e. The lowest BCUT2D eigenvalue weighted by Gasteiger charge is -2.23. The SMILES string of the molecule is O=C(Nc1ccc(Br)cc1)C1CC12CCNCC2. The molecule has 2 N–H and O–H groups in total. The molecular weight excluding hydrogens is 292 g/mol. The van der Waals surface area contributed by atoms with Gasteiger partial charge >= 0.3 is 0 Å². The summed E-state index contributed by atoms with van der Waals surface area (Å²) in [4.78, 5) is 12.2. The second-order valence-corrected chi connectivity index (χ2v) is 6.28. The second-order valence-electron chi connectivity index (χ2n) is 5.37. The van der Waals surface area contributed by atoms with Crippen molar-refractivity contribution in [2.75, 3.05) is 18.4 Å². The molecule has 18 heavy (non-hydrogen) atoms. The Labute approximate surface area is 115 Å². The summed E-state index contributed by atoms with van der Waals surface area (Å²) in [6.07, 6.45) is 3.36. The first kappa shape index (κ1) is 12.2. The molecule has 1 saturated carbocycles. The Morgan fingerprint density at radius 1 is 1.28 bits per heavy atom. The van der Waals surface area contributed by atoms with Crippen LogP contribution in [0.4, 0.5) is 5.69 Å². The van der Waals surface area contributed by atoms with Gasteiger partial charge in [0.1, 0.15) is 0 Å². The first-order valence-electron chi connectivity index (χ1n) is 6.47. The van der Waals surface area contributed by atoms with Crippen molar-refractivity contribution in [2.45, 2.75) is 19.3 Å². The maximum atomic E-state index is 12.2. The maximum Gasteiger partial charge on any atom is 0.228 e.